The smallest absolute Gasteiger partial charge is 0.335 e. The monoisotopic (exact) mass is 203 g/mol. The molecule has 13 heavy (non-hydrogen) atoms. The Morgan fingerprint density at radius 2 is 2.38 bits per heavy atom. The molecule has 0 radical (unpaired) electrons. The molecule has 0 amide bonds. The molecule has 0 aromatic rings. The summed E-state index contributed by atoms with van der Waals surface area (Å²) in [6.45, 7) is 9.17. The van der Waals surface area contributed by atoms with Crippen LogP contribution in [0, 0.1) is 0 Å². The summed E-state index contributed by atoms with van der Waals surface area (Å²) in [6, 6.07) is 1.11. The minimum absolute atomic E-state index is 0.295. The Morgan fingerprint density at radius 3 is 3.08 bits per heavy atom. The van der Waals surface area contributed by atoms with Gasteiger partial charge in [-0.2, -0.15) is 0 Å². The van der Waals surface area contributed by atoms with Gasteiger partial charge >= 0.3 is 8.56 Å². The van der Waals surface area contributed by atoms with Crippen molar-refractivity contribution in [3.05, 3.63) is 0 Å². The Balaban J connectivity index is 2.48. The van der Waals surface area contributed by atoms with Crippen molar-refractivity contribution in [2.24, 2.45) is 0 Å². The van der Waals surface area contributed by atoms with Gasteiger partial charge in [-0.3, -0.25) is 0 Å². The molecule has 2 unspecified atom stereocenters. The average Bonchev–Trinajstić information content (AvgIpc) is 2.01. The van der Waals surface area contributed by atoms with E-state index in [1.54, 1.807) is 0 Å². The van der Waals surface area contributed by atoms with E-state index in [0.29, 0.717) is 6.10 Å². The zero-order valence-electron chi connectivity index (χ0n) is 8.93. The molecule has 0 aliphatic carbocycles. The van der Waals surface area contributed by atoms with Crippen molar-refractivity contribution in [1.82, 2.24) is 5.32 Å². The van der Waals surface area contributed by atoms with Crippen molar-refractivity contribution in [1.29, 1.82) is 0 Å². The van der Waals surface area contributed by atoms with Crippen LogP contribution < -0.4 is 5.32 Å². The van der Waals surface area contributed by atoms with Gasteiger partial charge in [-0.25, -0.2) is 0 Å². The first-order valence-corrected chi connectivity index (χ1v) is 7.71. The third-order valence-electron chi connectivity index (χ3n) is 2.32. The standard InChI is InChI=1S/C9H21NO2Si/c1-4-11-13(3)7-5-6-10-8-9(2)12-13/h9-10H,4-8H2,1-3H3. The molecule has 4 heteroatoms. The maximum Gasteiger partial charge on any atom is 0.335 e. The van der Waals surface area contributed by atoms with E-state index in [1.807, 2.05) is 6.92 Å². The topological polar surface area (TPSA) is 30.5 Å². The lowest BCUT2D eigenvalue weighted by Crippen LogP contribution is -2.46. The van der Waals surface area contributed by atoms with Crippen LogP contribution in [0.1, 0.15) is 20.3 Å². The third kappa shape index (κ3) is 3.77. The Morgan fingerprint density at radius 1 is 1.62 bits per heavy atom. The zero-order chi connectivity index (χ0) is 9.73. The first-order valence-electron chi connectivity index (χ1n) is 5.19. The van der Waals surface area contributed by atoms with Crippen molar-refractivity contribution in [2.45, 2.75) is 39.0 Å². The molecule has 1 rings (SSSR count). The molecular weight excluding hydrogens is 182 g/mol. The average molecular weight is 203 g/mol. The van der Waals surface area contributed by atoms with Crippen molar-refractivity contribution >= 4 is 8.56 Å². The summed E-state index contributed by atoms with van der Waals surface area (Å²) in [5.41, 5.74) is 0. The number of nitrogens with one attached hydrogen (secondary N) is 1. The van der Waals surface area contributed by atoms with E-state index in [9.17, 15) is 0 Å². The predicted molar refractivity (Wildman–Crippen MR) is 56.1 cm³/mol. The van der Waals surface area contributed by atoms with Gasteiger partial charge in [-0.1, -0.05) is 0 Å². The first kappa shape index (κ1) is 11.2. The highest BCUT2D eigenvalue weighted by Gasteiger charge is 2.33. The molecule has 0 aromatic carbocycles. The molecule has 1 N–H and O–H groups in total. The largest absolute Gasteiger partial charge is 0.395 e. The third-order valence-corrected chi connectivity index (χ3v) is 5.38. The second kappa shape index (κ2) is 5.10. The Hall–Kier alpha value is 0.0969. The van der Waals surface area contributed by atoms with E-state index in [-0.39, 0.29) is 0 Å². The molecule has 78 valence electrons. The highest BCUT2D eigenvalue weighted by molar-refractivity contribution is 6.66. The molecule has 1 aliphatic heterocycles. The SMILES string of the molecule is CCO[Si]1(C)CCCNCC(C)O1. The molecule has 1 saturated heterocycles. The fourth-order valence-corrected chi connectivity index (χ4v) is 4.47. The molecule has 0 bridgehead atoms. The van der Waals surface area contributed by atoms with Crippen LogP contribution in [0.3, 0.4) is 0 Å². The second-order valence-electron chi connectivity index (χ2n) is 3.80. The highest BCUT2D eigenvalue weighted by atomic mass is 28.4. The van der Waals surface area contributed by atoms with E-state index in [1.165, 1.54) is 6.42 Å². The lowest BCUT2D eigenvalue weighted by molar-refractivity contribution is 0.124. The van der Waals surface area contributed by atoms with Crippen LogP contribution in [-0.2, 0) is 8.85 Å². The quantitative estimate of drug-likeness (QED) is 0.690. The summed E-state index contributed by atoms with van der Waals surface area (Å²) in [6.07, 6.45) is 1.47. The van der Waals surface area contributed by atoms with Crippen LogP contribution in [0.15, 0.2) is 0 Å². The zero-order valence-corrected chi connectivity index (χ0v) is 9.93. The van der Waals surface area contributed by atoms with E-state index >= 15 is 0 Å². The number of rotatable bonds is 2. The predicted octanol–water partition coefficient (Wildman–Crippen LogP) is 1.49. The summed E-state index contributed by atoms with van der Waals surface area (Å²) in [5, 5.41) is 3.36. The summed E-state index contributed by atoms with van der Waals surface area (Å²) < 4.78 is 11.7. The molecule has 0 aromatic heterocycles. The van der Waals surface area contributed by atoms with Gasteiger partial charge in [0.25, 0.3) is 0 Å². The first-order chi connectivity index (χ1) is 6.16. The van der Waals surface area contributed by atoms with Crippen molar-refractivity contribution in [3.8, 4) is 0 Å². The van der Waals surface area contributed by atoms with Crippen LogP contribution in [-0.4, -0.2) is 34.4 Å². The fourth-order valence-electron chi connectivity index (χ4n) is 1.78. The lowest BCUT2D eigenvalue weighted by atomic mass is 10.4. The van der Waals surface area contributed by atoms with Gasteiger partial charge in [0.2, 0.25) is 0 Å². The summed E-state index contributed by atoms with van der Waals surface area (Å²) in [5.74, 6) is 0. The molecule has 1 aliphatic rings. The molecular formula is C9H21NO2Si. The Bertz CT molecular complexity index is 157. The number of hydrogen-bond donors (Lipinski definition) is 1. The maximum absolute atomic E-state index is 5.97. The highest BCUT2D eigenvalue weighted by Crippen LogP contribution is 2.18. The minimum atomic E-state index is -1.82. The van der Waals surface area contributed by atoms with E-state index < -0.39 is 8.56 Å². The van der Waals surface area contributed by atoms with Gasteiger partial charge in [0, 0.05) is 13.2 Å². The van der Waals surface area contributed by atoms with Crippen LogP contribution in [0.2, 0.25) is 12.6 Å². The van der Waals surface area contributed by atoms with E-state index in [0.717, 1.165) is 25.7 Å². The van der Waals surface area contributed by atoms with Crippen molar-refractivity contribution < 1.29 is 8.85 Å². The summed E-state index contributed by atoms with van der Waals surface area (Å²) in [7, 11) is -1.82. The Kier molecular flexibility index (Phi) is 4.38. The summed E-state index contributed by atoms with van der Waals surface area (Å²) >= 11 is 0. The molecule has 0 saturated carbocycles. The van der Waals surface area contributed by atoms with Crippen LogP contribution in [0.25, 0.3) is 0 Å². The van der Waals surface area contributed by atoms with Gasteiger partial charge in [0.15, 0.2) is 0 Å². The van der Waals surface area contributed by atoms with Crippen LogP contribution in [0.5, 0.6) is 0 Å². The van der Waals surface area contributed by atoms with Crippen molar-refractivity contribution in [3.63, 3.8) is 0 Å². The van der Waals surface area contributed by atoms with E-state index in [4.69, 9.17) is 8.85 Å². The normalized spacial score (nSPS) is 36.7. The molecule has 2 atom stereocenters. The van der Waals surface area contributed by atoms with Gasteiger partial charge in [0.1, 0.15) is 0 Å². The number of hydrogen-bond acceptors (Lipinski definition) is 3. The second-order valence-corrected chi connectivity index (χ2v) is 7.09. The molecule has 1 fully saturated rings. The summed E-state index contributed by atoms with van der Waals surface area (Å²) in [4.78, 5) is 0. The van der Waals surface area contributed by atoms with Gasteiger partial charge in [-0.05, 0) is 39.4 Å². The van der Waals surface area contributed by atoms with Crippen LogP contribution >= 0.6 is 0 Å². The maximum atomic E-state index is 5.97. The molecule has 1 heterocycles. The molecule has 0 spiro atoms. The minimum Gasteiger partial charge on any atom is -0.395 e. The fraction of sp³-hybridized carbons (Fsp3) is 1.00. The van der Waals surface area contributed by atoms with Gasteiger partial charge < -0.3 is 14.2 Å². The molecule has 3 nitrogen and oxygen atoms in total. The van der Waals surface area contributed by atoms with Crippen LogP contribution in [0.4, 0.5) is 0 Å². The van der Waals surface area contributed by atoms with E-state index in [2.05, 4.69) is 18.8 Å². The Labute approximate surface area is 82.1 Å². The lowest BCUT2D eigenvalue weighted by Gasteiger charge is -2.32. The van der Waals surface area contributed by atoms with Gasteiger partial charge in [-0.15, -0.1) is 0 Å². The van der Waals surface area contributed by atoms with Gasteiger partial charge in [0.05, 0.1) is 6.10 Å². The van der Waals surface area contributed by atoms with Crippen molar-refractivity contribution in [2.75, 3.05) is 19.7 Å².